The van der Waals surface area contributed by atoms with Crippen molar-refractivity contribution in [3.8, 4) is 11.5 Å². The number of carboxylic acid groups (broad SMARTS) is 4. The standard InChI is InChI=1S/C26H32N2O10/c29-21-5-1-17(3-7-23(31)32)11-19(21)13-27(15-25(35)36)9-10-28(16-26(37)38)14-20-12-18(2-6-22(20)30)4-8-24(33)34/h1-2,5-6,11-12,29-30H,3-4,7-10,13-16H2,(H,31,32)(H,33,34)(H,35,36)(H,37,38). The number of carbonyl (C=O) groups is 4. The van der Waals surface area contributed by atoms with Crippen LogP contribution in [-0.4, -0.2) is 90.5 Å². The molecule has 0 radical (unpaired) electrons. The molecule has 206 valence electrons. The number of phenolic OH excluding ortho intramolecular Hbond substituents is 2. The highest BCUT2D eigenvalue weighted by atomic mass is 16.4. The second-order valence-electron chi connectivity index (χ2n) is 8.92. The summed E-state index contributed by atoms with van der Waals surface area (Å²) in [5.41, 5.74) is 2.15. The number of benzene rings is 2. The van der Waals surface area contributed by atoms with Crippen molar-refractivity contribution in [3.05, 3.63) is 58.7 Å². The lowest BCUT2D eigenvalue weighted by Gasteiger charge is -2.26. The Balaban J connectivity index is 2.17. The van der Waals surface area contributed by atoms with Gasteiger partial charge in [0.05, 0.1) is 13.1 Å². The van der Waals surface area contributed by atoms with Crippen molar-refractivity contribution in [3.63, 3.8) is 0 Å². The molecule has 0 saturated carbocycles. The SMILES string of the molecule is O=C(O)CCc1ccc(O)c(CN(CCN(CC(=O)O)Cc2cc(CCC(=O)O)ccc2O)CC(=O)O)c1. The summed E-state index contributed by atoms with van der Waals surface area (Å²) in [6, 6.07) is 9.25. The predicted octanol–water partition coefficient (Wildman–Crippen LogP) is 1.61. The molecule has 12 nitrogen and oxygen atoms in total. The van der Waals surface area contributed by atoms with Crippen LogP contribution < -0.4 is 0 Å². The lowest BCUT2D eigenvalue weighted by molar-refractivity contribution is -0.140. The molecule has 2 aromatic rings. The molecule has 0 aliphatic heterocycles. The molecular formula is C26H32N2O10. The summed E-state index contributed by atoms with van der Waals surface area (Å²) in [6.07, 6.45) is 0.279. The lowest BCUT2D eigenvalue weighted by Crippen LogP contribution is -2.39. The van der Waals surface area contributed by atoms with E-state index >= 15 is 0 Å². The average Bonchev–Trinajstić information content (AvgIpc) is 2.82. The molecule has 0 bridgehead atoms. The molecule has 0 fully saturated rings. The van der Waals surface area contributed by atoms with Crippen molar-refractivity contribution >= 4 is 23.9 Å². The zero-order chi connectivity index (χ0) is 28.2. The van der Waals surface area contributed by atoms with Gasteiger partial charge in [-0.3, -0.25) is 29.0 Å². The number of aromatic hydroxyl groups is 2. The van der Waals surface area contributed by atoms with Crippen LogP contribution >= 0.6 is 0 Å². The highest BCUT2D eigenvalue weighted by Gasteiger charge is 2.18. The second-order valence-corrected chi connectivity index (χ2v) is 8.92. The van der Waals surface area contributed by atoms with E-state index in [0.29, 0.717) is 22.3 Å². The van der Waals surface area contributed by atoms with E-state index in [0.717, 1.165) is 0 Å². The third-order valence-corrected chi connectivity index (χ3v) is 5.78. The first-order valence-electron chi connectivity index (χ1n) is 11.9. The smallest absolute Gasteiger partial charge is 0.317 e. The van der Waals surface area contributed by atoms with Crippen molar-refractivity contribution in [2.75, 3.05) is 26.2 Å². The minimum atomic E-state index is -1.12. The Morgan fingerprint density at radius 2 is 0.947 bits per heavy atom. The Bertz CT molecular complexity index is 1060. The van der Waals surface area contributed by atoms with Crippen molar-refractivity contribution in [1.82, 2.24) is 9.80 Å². The number of phenols is 2. The first-order chi connectivity index (χ1) is 17.9. The van der Waals surface area contributed by atoms with Gasteiger partial charge in [-0.05, 0) is 36.1 Å². The number of hydrogen-bond donors (Lipinski definition) is 6. The molecule has 0 atom stereocenters. The van der Waals surface area contributed by atoms with E-state index in [-0.39, 0.29) is 63.4 Å². The topological polar surface area (TPSA) is 196 Å². The predicted molar refractivity (Wildman–Crippen MR) is 134 cm³/mol. The van der Waals surface area contributed by atoms with Gasteiger partial charge in [0, 0.05) is 50.1 Å². The van der Waals surface area contributed by atoms with Crippen molar-refractivity contribution in [1.29, 1.82) is 0 Å². The molecule has 0 saturated heterocycles. The summed E-state index contributed by atoms with van der Waals surface area (Å²) in [6.45, 7) is -0.521. The lowest BCUT2D eigenvalue weighted by atomic mass is 10.0. The van der Waals surface area contributed by atoms with Gasteiger partial charge >= 0.3 is 23.9 Å². The van der Waals surface area contributed by atoms with Crippen molar-refractivity contribution in [2.45, 2.75) is 38.8 Å². The third kappa shape index (κ3) is 10.8. The quantitative estimate of drug-likeness (QED) is 0.172. The largest absolute Gasteiger partial charge is 0.508 e. The fourth-order valence-corrected chi connectivity index (χ4v) is 3.92. The maximum absolute atomic E-state index is 11.5. The molecule has 38 heavy (non-hydrogen) atoms. The van der Waals surface area contributed by atoms with Gasteiger partial charge in [-0.1, -0.05) is 24.3 Å². The minimum absolute atomic E-state index is 0.0237. The number of aliphatic carboxylic acids is 4. The first kappa shape index (κ1) is 30.1. The molecule has 2 aromatic carbocycles. The van der Waals surface area contributed by atoms with Gasteiger partial charge in [-0.25, -0.2) is 0 Å². The van der Waals surface area contributed by atoms with E-state index in [1.165, 1.54) is 21.9 Å². The van der Waals surface area contributed by atoms with Crippen LogP contribution in [-0.2, 0) is 45.1 Å². The van der Waals surface area contributed by atoms with Crippen LogP contribution in [0.1, 0.15) is 35.1 Å². The van der Waals surface area contributed by atoms with Gasteiger partial charge < -0.3 is 30.6 Å². The first-order valence-corrected chi connectivity index (χ1v) is 11.9. The van der Waals surface area contributed by atoms with Crippen molar-refractivity contribution < 1.29 is 49.8 Å². The monoisotopic (exact) mass is 532 g/mol. The fourth-order valence-electron chi connectivity index (χ4n) is 3.92. The maximum atomic E-state index is 11.5. The van der Waals surface area contributed by atoms with Gasteiger partial charge in [-0.15, -0.1) is 0 Å². The summed E-state index contributed by atoms with van der Waals surface area (Å²) in [7, 11) is 0. The molecule has 0 aromatic heterocycles. The minimum Gasteiger partial charge on any atom is -0.508 e. The number of aryl methyl sites for hydroxylation is 2. The van der Waals surface area contributed by atoms with E-state index in [9.17, 15) is 39.6 Å². The van der Waals surface area contributed by atoms with Crippen LogP contribution in [0.25, 0.3) is 0 Å². The summed E-state index contributed by atoms with van der Waals surface area (Å²) < 4.78 is 0. The number of hydrogen-bond acceptors (Lipinski definition) is 8. The number of nitrogens with zero attached hydrogens (tertiary/aromatic N) is 2. The zero-order valence-electron chi connectivity index (χ0n) is 20.7. The summed E-state index contributed by atoms with van der Waals surface area (Å²) in [4.78, 5) is 47.7. The van der Waals surface area contributed by atoms with Crippen LogP contribution in [0, 0.1) is 0 Å². The Kier molecular flexibility index (Phi) is 11.5. The van der Waals surface area contributed by atoms with Gasteiger partial charge in [0.1, 0.15) is 11.5 Å². The average molecular weight is 533 g/mol. The highest BCUT2D eigenvalue weighted by molar-refractivity contribution is 5.69. The molecule has 0 spiro atoms. The normalized spacial score (nSPS) is 11.1. The molecule has 0 heterocycles. The molecule has 0 unspecified atom stereocenters. The third-order valence-electron chi connectivity index (χ3n) is 5.78. The van der Waals surface area contributed by atoms with E-state index in [1.54, 1.807) is 24.3 Å². The Labute approximate surface area is 219 Å². The Morgan fingerprint density at radius 3 is 1.26 bits per heavy atom. The molecule has 2 rings (SSSR count). The van der Waals surface area contributed by atoms with Crippen LogP contribution in [0.2, 0.25) is 0 Å². The Morgan fingerprint density at radius 1 is 0.579 bits per heavy atom. The molecule has 0 amide bonds. The highest BCUT2D eigenvalue weighted by Crippen LogP contribution is 2.23. The molecule has 0 aliphatic rings. The van der Waals surface area contributed by atoms with Crippen LogP contribution in [0.5, 0.6) is 11.5 Å². The molecular weight excluding hydrogens is 500 g/mol. The summed E-state index contributed by atoms with van der Waals surface area (Å²) in [5, 5.41) is 57.1. The molecule has 6 N–H and O–H groups in total. The molecule has 0 aliphatic carbocycles. The van der Waals surface area contributed by atoms with Gasteiger partial charge in [0.25, 0.3) is 0 Å². The van der Waals surface area contributed by atoms with Crippen molar-refractivity contribution in [2.24, 2.45) is 0 Å². The van der Waals surface area contributed by atoms with E-state index in [4.69, 9.17) is 10.2 Å². The number of rotatable bonds is 17. The van der Waals surface area contributed by atoms with Crippen LogP contribution in [0.15, 0.2) is 36.4 Å². The van der Waals surface area contributed by atoms with E-state index in [1.807, 2.05) is 0 Å². The van der Waals surface area contributed by atoms with Gasteiger partial charge in [0.2, 0.25) is 0 Å². The fraction of sp³-hybridized carbons (Fsp3) is 0.385. The van der Waals surface area contributed by atoms with E-state index < -0.39 is 37.0 Å². The van der Waals surface area contributed by atoms with Crippen LogP contribution in [0.4, 0.5) is 0 Å². The maximum Gasteiger partial charge on any atom is 0.317 e. The van der Waals surface area contributed by atoms with Gasteiger partial charge in [0.15, 0.2) is 0 Å². The molecule has 12 heteroatoms. The Hall–Kier alpha value is -4.16. The summed E-state index contributed by atoms with van der Waals surface area (Å²) >= 11 is 0. The summed E-state index contributed by atoms with van der Waals surface area (Å²) in [5.74, 6) is -4.34. The zero-order valence-corrected chi connectivity index (χ0v) is 20.7. The second kappa shape index (κ2) is 14.5. The van der Waals surface area contributed by atoms with E-state index in [2.05, 4.69) is 0 Å². The van der Waals surface area contributed by atoms with Crippen LogP contribution in [0.3, 0.4) is 0 Å². The van der Waals surface area contributed by atoms with Gasteiger partial charge in [-0.2, -0.15) is 0 Å². The number of carboxylic acids is 4.